The van der Waals surface area contributed by atoms with E-state index >= 15 is 0 Å². The number of amides is 1. The minimum atomic E-state index is -4.44. The number of halogens is 3. The van der Waals surface area contributed by atoms with E-state index in [1.54, 1.807) is 0 Å². The number of hydrogen-bond acceptors (Lipinski definition) is 4. The Bertz CT molecular complexity index is 583. The quantitative estimate of drug-likeness (QED) is 0.857. The van der Waals surface area contributed by atoms with Gasteiger partial charge >= 0.3 is 12.3 Å². The molecule has 0 radical (unpaired) electrons. The molecule has 1 amide bonds. The number of likely N-dealkylation sites (tertiary alicyclic amines) is 1. The van der Waals surface area contributed by atoms with Gasteiger partial charge < -0.3 is 14.9 Å². The fourth-order valence-corrected chi connectivity index (χ4v) is 3.32. The van der Waals surface area contributed by atoms with Crippen LogP contribution in [0.4, 0.5) is 23.9 Å². The lowest BCUT2D eigenvalue weighted by Crippen LogP contribution is -2.42. The number of nitrogens with zero attached hydrogens (tertiary/aromatic N) is 4. The Hall–Kier alpha value is -2.06. The molecule has 3 heterocycles. The maximum atomic E-state index is 12.5. The third kappa shape index (κ3) is 3.18. The van der Waals surface area contributed by atoms with Crippen LogP contribution in [0, 0.1) is 5.41 Å². The van der Waals surface area contributed by atoms with E-state index in [2.05, 4.69) is 9.97 Å². The smallest absolute Gasteiger partial charge is 0.419 e. The summed E-state index contributed by atoms with van der Waals surface area (Å²) in [6.45, 7) is 2.33. The van der Waals surface area contributed by atoms with E-state index in [4.69, 9.17) is 5.11 Å². The van der Waals surface area contributed by atoms with Gasteiger partial charge in [0.2, 0.25) is 5.95 Å². The van der Waals surface area contributed by atoms with Crippen molar-refractivity contribution < 1.29 is 23.1 Å². The van der Waals surface area contributed by atoms with Crippen molar-refractivity contribution >= 4 is 12.0 Å². The molecule has 0 bridgehead atoms. The average Bonchev–Trinajstić information content (AvgIpc) is 2.92. The second-order valence-electron chi connectivity index (χ2n) is 6.21. The maximum Gasteiger partial charge on any atom is 0.419 e. The zero-order valence-electron chi connectivity index (χ0n) is 12.4. The largest absolute Gasteiger partial charge is 0.465 e. The van der Waals surface area contributed by atoms with Gasteiger partial charge in [0.05, 0.1) is 5.56 Å². The third-order valence-electron chi connectivity index (χ3n) is 4.78. The summed E-state index contributed by atoms with van der Waals surface area (Å²) in [4.78, 5) is 22.0. The number of carbonyl (C=O) groups is 1. The molecule has 23 heavy (non-hydrogen) atoms. The minimum Gasteiger partial charge on any atom is -0.465 e. The monoisotopic (exact) mass is 330 g/mol. The Morgan fingerprint density at radius 3 is 2.17 bits per heavy atom. The summed E-state index contributed by atoms with van der Waals surface area (Å²) < 4.78 is 37.6. The molecule has 1 aromatic rings. The second-order valence-corrected chi connectivity index (χ2v) is 6.21. The molecule has 0 aromatic carbocycles. The third-order valence-corrected chi connectivity index (χ3v) is 4.78. The zero-order valence-corrected chi connectivity index (χ0v) is 12.4. The van der Waals surface area contributed by atoms with Gasteiger partial charge in [-0.1, -0.05) is 0 Å². The summed E-state index contributed by atoms with van der Waals surface area (Å²) in [6, 6.07) is 0. The van der Waals surface area contributed by atoms with Gasteiger partial charge in [0.15, 0.2) is 0 Å². The van der Waals surface area contributed by atoms with Crippen molar-refractivity contribution in [2.24, 2.45) is 5.41 Å². The molecule has 2 aliphatic rings. The number of hydrogen-bond donors (Lipinski definition) is 1. The lowest BCUT2D eigenvalue weighted by molar-refractivity contribution is -0.138. The molecule has 2 saturated heterocycles. The van der Waals surface area contributed by atoms with Gasteiger partial charge in [0.1, 0.15) is 0 Å². The van der Waals surface area contributed by atoms with Crippen molar-refractivity contribution in [1.82, 2.24) is 14.9 Å². The molecule has 2 aliphatic heterocycles. The van der Waals surface area contributed by atoms with Crippen molar-refractivity contribution in [3.05, 3.63) is 18.0 Å². The predicted molar refractivity (Wildman–Crippen MR) is 75.1 cm³/mol. The van der Waals surface area contributed by atoms with Gasteiger partial charge in [0, 0.05) is 38.6 Å². The average molecular weight is 330 g/mol. The highest BCUT2D eigenvalue weighted by Gasteiger charge is 2.42. The predicted octanol–water partition coefficient (Wildman–Crippen LogP) is 2.47. The summed E-state index contributed by atoms with van der Waals surface area (Å²) in [5.41, 5.74) is -0.872. The fraction of sp³-hybridized carbons (Fsp3) is 0.643. The fourth-order valence-electron chi connectivity index (χ4n) is 3.32. The van der Waals surface area contributed by atoms with Gasteiger partial charge in [-0.2, -0.15) is 13.2 Å². The molecule has 6 nitrogen and oxygen atoms in total. The van der Waals surface area contributed by atoms with Crippen LogP contribution in [0.1, 0.15) is 24.8 Å². The maximum absolute atomic E-state index is 12.5. The Morgan fingerprint density at radius 1 is 1.13 bits per heavy atom. The Balaban J connectivity index is 1.62. The molecular formula is C14H17F3N4O2. The first-order valence-electron chi connectivity index (χ1n) is 7.41. The van der Waals surface area contributed by atoms with E-state index in [1.165, 1.54) is 4.90 Å². The lowest BCUT2D eigenvalue weighted by atomic mass is 9.78. The molecular weight excluding hydrogens is 313 g/mol. The SMILES string of the molecule is O=C(O)N1CCC2(CCN(c3ncc(C(F)(F)F)cn3)CC2)C1. The molecule has 0 unspecified atom stereocenters. The molecule has 1 aromatic heterocycles. The van der Waals surface area contributed by atoms with Crippen LogP contribution in [-0.2, 0) is 6.18 Å². The minimum absolute atomic E-state index is 0.0131. The summed E-state index contributed by atoms with van der Waals surface area (Å²) in [5.74, 6) is 0.293. The lowest BCUT2D eigenvalue weighted by Gasteiger charge is -2.39. The summed E-state index contributed by atoms with van der Waals surface area (Å²) in [6.07, 6.45) is -1.31. The Morgan fingerprint density at radius 2 is 1.70 bits per heavy atom. The van der Waals surface area contributed by atoms with E-state index < -0.39 is 17.8 Å². The van der Waals surface area contributed by atoms with Crippen LogP contribution < -0.4 is 4.90 Å². The molecule has 0 aliphatic carbocycles. The molecule has 0 saturated carbocycles. The van der Waals surface area contributed by atoms with Crippen molar-refractivity contribution in [2.45, 2.75) is 25.4 Å². The first kappa shape index (κ1) is 15.8. The van der Waals surface area contributed by atoms with Crippen LogP contribution in [0.15, 0.2) is 12.4 Å². The number of piperidine rings is 1. The van der Waals surface area contributed by atoms with Gasteiger partial charge in [-0.05, 0) is 24.7 Å². The van der Waals surface area contributed by atoms with E-state index in [9.17, 15) is 18.0 Å². The molecule has 0 atom stereocenters. The van der Waals surface area contributed by atoms with Gasteiger partial charge in [-0.3, -0.25) is 0 Å². The van der Waals surface area contributed by atoms with Crippen LogP contribution in [-0.4, -0.2) is 52.2 Å². The van der Waals surface area contributed by atoms with E-state index in [0.29, 0.717) is 32.1 Å². The van der Waals surface area contributed by atoms with Crippen molar-refractivity contribution in [1.29, 1.82) is 0 Å². The topological polar surface area (TPSA) is 69.6 Å². The van der Waals surface area contributed by atoms with Gasteiger partial charge in [-0.15, -0.1) is 0 Å². The molecule has 2 fully saturated rings. The van der Waals surface area contributed by atoms with Gasteiger partial charge in [0.25, 0.3) is 0 Å². The number of anilines is 1. The number of rotatable bonds is 1. The number of aromatic nitrogens is 2. The molecule has 126 valence electrons. The van der Waals surface area contributed by atoms with Gasteiger partial charge in [-0.25, -0.2) is 14.8 Å². The van der Waals surface area contributed by atoms with Crippen LogP contribution >= 0.6 is 0 Å². The van der Waals surface area contributed by atoms with Crippen molar-refractivity contribution in [3.8, 4) is 0 Å². The standard InChI is InChI=1S/C14H17F3N4O2/c15-14(16,17)10-7-18-11(19-8-10)20-4-1-13(2-5-20)3-6-21(9-13)12(22)23/h7-8H,1-6,9H2,(H,22,23). The highest BCUT2D eigenvalue weighted by Crippen LogP contribution is 2.41. The number of carboxylic acid groups (broad SMARTS) is 1. The summed E-state index contributed by atoms with van der Waals surface area (Å²) in [5, 5.41) is 9.05. The highest BCUT2D eigenvalue weighted by molar-refractivity contribution is 5.65. The summed E-state index contributed by atoms with van der Waals surface area (Å²) >= 11 is 0. The second kappa shape index (κ2) is 5.54. The van der Waals surface area contributed by atoms with Crippen LogP contribution in [0.2, 0.25) is 0 Å². The molecule has 9 heteroatoms. The van der Waals surface area contributed by atoms with E-state index in [1.807, 2.05) is 4.90 Å². The van der Waals surface area contributed by atoms with Crippen molar-refractivity contribution in [3.63, 3.8) is 0 Å². The Kier molecular flexibility index (Phi) is 3.81. The zero-order chi connectivity index (χ0) is 16.7. The molecule has 3 rings (SSSR count). The van der Waals surface area contributed by atoms with Crippen LogP contribution in [0.3, 0.4) is 0 Å². The Labute approximate surface area is 130 Å². The molecule has 1 spiro atoms. The molecule has 1 N–H and O–H groups in total. The highest BCUT2D eigenvalue weighted by atomic mass is 19.4. The first-order chi connectivity index (χ1) is 10.8. The van der Waals surface area contributed by atoms with E-state index in [-0.39, 0.29) is 5.41 Å². The normalized spacial score (nSPS) is 21.0. The number of alkyl halides is 3. The van der Waals surface area contributed by atoms with Crippen LogP contribution in [0.5, 0.6) is 0 Å². The van der Waals surface area contributed by atoms with Crippen molar-refractivity contribution in [2.75, 3.05) is 31.1 Å². The van der Waals surface area contributed by atoms with E-state index in [0.717, 1.165) is 31.7 Å². The first-order valence-corrected chi connectivity index (χ1v) is 7.41. The summed E-state index contributed by atoms with van der Waals surface area (Å²) in [7, 11) is 0. The van der Waals surface area contributed by atoms with Crippen LogP contribution in [0.25, 0.3) is 0 Å².